The van der Waals surface area contributed by atoms with Crippen LogP contribution in [0.2, 0.25) is 0 Å². The molecule has 1 aromatic carbocycles. The monoisotopic (exact) mass is 232 g/mol. The van der Waals surface area contributed by atoms with Crippen molar-refractivity contribution in [3.63, 3.8) is 0 Å². The molecule has 17 heavy (non-hydrogen) atoms. The summed E-state index contributed by atoms with van der Waals surface area (Å²) >= 11 is 0. The van der Waals surface area contributed by atoms with Gasteiger partial charge in [0.15, 0.2) is 5.41 Å². The van der Waals surface area contributed by atoms with E-state index < -0.39 is 11.4 Å². The van der Waals surface area contributed by atoms with Crippen LogP contribution < -0.4 is 0 Å². The number of esters is 1. The van der Waals surface area contributed by atoms with E-state index in [1.165, 1.54) is 0 Å². The maximum Gasteiger partial charge on any atom is 0.324 e. The minimum Gasteiger partial charge on any atom is -0.465 e. The van der Waals surface area contributed by atoms with Crippen molar-refractivity contribution in [2.45, 2.75) is 18.8 Å². The van der Waals surface area contributed by atoms with E-state index in [1.807, 2.05) is 6.07 Å². The Kier molecular flexibility index (Phi) is 4.64. The summed E-state index contributed by atoms with van der Waals surface area (Å²) in [6, 6.07) is 8.90. The van der Waals surface area contributed by atoms with E-state index in [-0.39, 0.29) is 13.0 Å². The molecule has 0 radical (unpaired) electrons. The Morgan fingerprint density at radius 2 is 2.06 bits per heavy atom. The van der Waals surface area contributed by atoms with Gasteiger partial charge in [-0.2, -0.15) is 0 Å². The molecule has 3 heteroatoms. The fraction of sp³-hybridized carbons (Fsp3) is 0.286. The third kappa shape index (κ3) is 2.61. The van der Waals surface area contributed by atoms with Gasteiger partial charge in [0.1, 0.15) is 6.29 Å². The SMILES string of the molecule is C=CCC(C=O)(C(=O)OCC)c1ccccc1. The van der Waals surface area contributed by atoms with E-state index in [1.54, 1.807) is 37.3 Å². The van der Waals surface area contributed by atoms with Crippen LogP contribution in [-0.2, 0) is 19.7 Å². The van der Waals surface area contributed by atoms with E-state index in [2.05, 4.69) is 6.58 Å². The molecule has 1 aromatic rings. The Morgan fingerprint density at radius 1 is 1.41 bits per heavy atom. The summed E-state index contributed by atoms with van der Waals surface area (Å²) in [6.07, 6.45) is 2.43. The molecule has 0 aliphatic heterocycles. The van der Waals surface area contributed by atoms with Crippen LogP contribution in [0.3, 0.4) is 0 Å². The summed E-state index contributed by atoms with van der Waals surface area (Å²) in [5.74, 6) is -0.527. The summed E-state index contributed by atoms with van der Waals surface area (Å²) < 4.78 is 4.99. The van der Waals surface area contributed by atoms with Gasteiger partial charge < -0.3 is 9.53 Å². The molecule has 0 amide bonds. The van der Waals surface area contributed by atoms with Crippen molar-refractivity contribution in [2.24, 2.45) is 0 Å². The summed E-state index contributed by atoms with van der Waals surface area (Å²) in [7, 11) is 0. The molecule has 0 aromatic heterocycles. The molecule has 0 spiro atoms. The van der Waals surface area contributed by atoms with Crippen molar-refractivity contribution in [3.05, 3.63) is 48.6 Å². The predicted octanol–water partition coefficient (Wildman–Crippen LogP) is 2.26. The molecule has 0 fully saturated rings. The van der Waals surface area contributed by atoms with E-state index in [0.29, 0.717) is 11.8 Å². The van der Waals surface area contributed by atoms with Crippen molar-refractivity contribution >= 4 is 12.3 Å². The molecule has 1 unspecified atom stereocenters. The first-order valence-electron chi connectivity index (χ1n) is 5.51. The average Bonchev–Trinajstić information content (AvgIpc) is 2.37. The zero-order valence-corrected chi connectivity index (χ0v) is 9.89. The Balaban J connectivity index is 3.22. The number of carbonyl (C=O) groups is 2. The van der Waals surface area contributed by atoms with E-state index >= 15 is 0 Å². The van der Waals surface area contributed by atoms with Gasteiger partial charge in [-0.25, -0.2) is 0 Å². The van der Waals surface area contributed by atoms with Crippen LogP contribution in [0.5, 0.6) is 0 Å². The zero-order valence-electron chi connectivity index (χ0n) is 9.89. The summed E-state index contributed by atoms with van der Waals surface area (Å²) in [6.45, 7) is 5.56. The Labute approximate surface area is 101 Å². The van der Waals surface area contributed by atoms with Gasteiger partial charge in [0.25, 0.3) is 0 Å². The molecule has 0 N–H and O–H groups in total. The second-order valence-electron chi connectivity index (χ2n) is 3.67. The number of carbonyl (C=O) groups excluding carboxylic acids is 2. The standard InChI is InChI=1S/C14H16O3/c1-3-10-14(11-15,13(16)17-4-2)12-8-6-5-7-9-12/h3,5-9,11H,1,4,10H2,2H3. The summed E-state index contributed by atoms with van der Waals surface area (Å²) in [5.41, 5.74) is -0.632. The van der Waals surface area contributed by atoms with E-state index in [4.69, 9.17) is 4.74 Å². The zero-order chi connectivity index (χ0) is 12.7. The Bertz CT molecular complexity index is 397. The lowest BCUT2D eigenvalue weighted by Crippen LogP contribution is -2.38. The minimum atomic E-state index is -1.26. The van der Waals surface area contributed by atoms with Gasteiger partial charge in [0.05, 0.1) is 6.61 Å². The summed E-state index contributed by atoms with van der Waals surface area (Å²) in [5, 5.41) is 0. The van der Waals surface area contributed by atoms with Gasteiger partial charge in [-0.15, -0.1) is 6.58 Å². The molecule has 0 bridgehead atoms. The number of benzene rings is 1. The molecule has 0 aliphatic carbocycles. The molecule has 3 nitrogen and oxygen atoms in total. The minimum absolute atomic E-state index is 0.235. The Hall–Kier alpha value is -1.90. The van der Waals surface area contributed by atoms with Gasteiger partial charge in [-0.05, 0) is 18.9 Å². The third-order valence-corrected chi connectivity index (χ3v) is 2.60. The Morgan fingerprint density at radius 3 is 2.53 bits per heavy atom. The smallest absolute Gasteiger partial charge is 0.324 e. The number of rotatable bonds is 6. The average molecular weight is 232 g/mol. The van der Waals surface area contributed by atoms with Crippen molar-refractivity contribution in [1.82, 2.24) is 0 Å². The molecule has 0 heterocycles. The maximum absolute atomic E-state index is 12.0. The fourth-order valence-corrected chi connectivity index (χ4v) is 1.71. The van der Waals surface area contributed by atoms with Crippen LogP contribution in [0.4, 0.5) is 0 Å². The highest BCUT2D eigenvalue weighted by molar-refractivity contribution is 6.00. The second-order valence-corrected chi connectivity index (χ2v) is 3.67. The molecule has 90 valence electrons. The lowest BCUT2D eigenvalue weighted by molar-refractivity contribution is -0.151. The normalized spacial score (nSPS) is 13.5. The molecule has 1 rings (SSSR count). The van der Waals surface area contributed by atoms with Crippen molar-refractivity contribution in [2.75, 3.05) is 6.61 Å². The molecule has 0 aliphatic rings. The quantitative estimate of drug-likeness (QED) is 0.327. The largest absolute Gasteiger partial charge is 0.465 e. The molecule has 0 saturated carbocycles. The predicted molar refractivity (Wildman–Crippen MR) is 65.6 cm³/mol. The number of allylic oxidation sites excluding steroid dienone is 1. The van der Waals surface area contributed by atoms with Crippen LogP contribution in [0.15, 0.2) is 43.0 Å². The summed E-state index contributed by atoms with van der Waals surface area (Å²) in [4.78, 5) is 23.4. The van der Waals surface area contributed by atoms with Gasteiger partial charge >= 0.3 is 5.97 Å². The molecular weight excluding hydrogens is 216 g/mol. The topological polar surface area (TPSA) is 43.4 Å². The van der Waals surface area contributed by atoms with Gasteiger partial charge in [-0.1, -0.05) is 36.4 Å². The van der Waals surface area contributed by atoms with Crippen LogP contribution in [0.25, 0.3) is 0 Å². The third-order valence-electron chi connectivity index (χ3n) is 2.60. The van der Waals surface area contributed by atoms with Crippen molar-refractivity contribution < 1.29 is 14.3 Å². The number of hydrogen-bond donors (Lipinski definition) is 0. The second kappa shape index (κ2) is 5.99. The first-order chi connectivity index (χ1) is 8.21. The van der Waals surface area contributed by atoms with Crippen LogP contribution in [0.1, 0.15) is 18.9 Å². The molecule has 1 atom stereocenters. The number of hydrogen-bond acceptors (Lipinski definition) is 3. The van der Waals surface area contributed by atoms with Crippen molar-refractivity contribution in [1.29, 1.82) is 0 Å². The number of ether oxygens (including phenoxy) is 1. The van der Waals surface area contributed by atoms with Crippen LogP contribution in [0, 0.1) is 0 Å². The highest BCUT2D eigenvalue weighted by atomic mass is 16.5. The maximum atomic E-state index is 12.0. The van der Waals surface area contributed by atoms with Gasteiger partial charge in [-0.3, -0.25) is 4.79 Å². The molecular formula is C14H16O3. The molecule has 0 saturated heterocycles. The number of aldehydes is 1. The fourth-order valence-electron chi connectivity index (χ4n) is 1.71. The highest BCUT2D eigenvalue weighted by Gasteiger charge is 2.40. The van der Waals surface area contributed by atoms with Crippen LogP contribution >= 0.6 is 0 Å². The highest BCUT2D eigenvalue weighted by Crippen LogP contribution is 2.28. The lowest BCUT2D eigenvalue weighted by atomic mass is 9.79. The first-order valence-corrected chi connectivity index (χ1v) is 5.51. The van der Waals surface area contributed by atoms with E-state index in [9.17, 15) is 9.59 Å². The van der Waals surface area contributed by atoms with Gasteiger partial charge in [0.2, 0.25) is 0 Å². The lowest BCUT2D eigenvalue weighted by Gasteiger charge is -2.24. The first kappa shape index (κ1) is 13.2. The van der Waals surface area contributed by atoms with Crippen LogP contribution in [-0.4, -0.2) is 18.9 Å². The van der Waals surface area contributed by atoms with E-state index in [0.717, 1.165) is 0 Å². The van der Waals surface area contributed by atoms with Gasteiger partial charge in [0, 0.05) is 0 Å². The van der Waals surface area contributed by atoms with Crippen molar-refractivity contribution in [3.8, 4) is 0 Å².